The van der Waals surface area contributed by atoms with E-state index in [9.17, 15) is 18.5 Å². The van der Waals surface area contributed by atoms with E-state index >= 15 is 0 Å². The summed E-state index contributed by atoms with van der Waals surface area (Å²) in [5.74, 6) is 0.527. The van der Waals surface area contributed by atoms with Crippen LogP contribution in [0.25, 0.3) is 21.8 Å². The Morgan fingerprint density at radius 3 is 2.79 bits per heavy atom. The number of nitrogens with zero attached hydrogens (tertiary/aromatic N) is 3. The number of rotatable bonds is 6. The van der Waals surface area contributed by atoms with Crippen LogP contribution in [0.3, 0.4) is 0 Å². The van der Waals surface area contributed by atoms with Crippen molar-refractivity contribution in [3.05, 3.63) is 75.5 Å². The largest absolute Gasteiger partial charge is 0.482 e. The molecule has 0 radical (unpaired) electrons. The standard InChI is InChI=1S/C23H19N5O5S/c1-13-7-19(34(2,30)31)18(17-5-6-25-21(13)17)11-28-10-15-4-3-14(9-24)23(22(15)26-28)32-12-16-8-20(29)27-33-16/h3-8,10,25H,11-12H2,1-2H3,(H,27,29). The summed E-state index contributed by atoms with van der Waals surface area (Å²) in [6, 6.07) is 10.2. The molecule has 0 fully saturated rings. The first-order chi connectivity index (χ1) is 16.2. The van der Waals surface area contributed by atoms with Crippen molar-refractivity contribution >= 4 is 31.6 Å². The minimum absolute atomic E-state index is 0.0699. The van der Waals surface area contributed by atoms with Crippen molar-refractivity contribution in [3.63, 3.8) is 0 Å². The van der Waals surface area contributed by atoms with Gasteiger partial charge in [-0.1, -0.05) is 0 Å². The number of aromatic amines is 2. The Balaban J connectivity index is 1.59. The van der Waals surface area contributed by atoms with E-state index in [0.29, 0.717) is 16.5 Å². The molecule has 3 aromatic heterocycles. The zero-order valence-corrected chi connectivity index (χ0v) is 19.1. The number of aromatic nitrogens is 4. The van der Waals surface area contributed by atoms with Gasteiger partial charge in [0.25, 0.3) is 5.56 Å². The van der Waals surface area contributed by atoms with Gasteiger partial charge in [0.2, 0.25) is 0 Å². The fraction of sp³-hybridized carbons (Fsp3) is 0.174. The topological polar surface area (TPSA) is 147 Å². The molecule has 172 valence electrons. The summed E-state index contributed by atoms with van der Waals surface area (Å²) in [6.45, 7) is 1.98. The average molecular weight is 478 g/mol. The van der Waals surface area contributed by atoms with E-state index in [4.69, 9.17) is 9.26 Å². The highest BCUT2D eigenvalue weighted by Crippen LogP contribution is 2.32. The van der Waals surface area contributed by atoms with Gasteiger partial charge in [-0.25, -0.2) is 8.42 Å². The predicted molar refractivity (Wildman–Crippen MR) is 123 cm³/mol. The van der Waals surface area contributed by atoms with Crippen LogP contribution in [0.5, 0.6) is 5.75 Å². The van der Waals surface area contributed by atoms with Gasteiger partial charge in [-0.3, -0.25) is 9.48 Å². The highest BCUT2D eigenvalue weighted by atomic mass is 32.2. The van der Waals surface area contributed by atoms with Crippen LogP contribution in [0.15, 0.2) is 56.9 Å². The molecular weight excluding hydrogens is 458 g/mol. The second-order valence-corrected chi connectivity index (χ2v) is 9.98. The number of hydrogen-bond acceptors (Lipinski definition) is 7. The zero-order chi connectivity index (χ0) is 24.0. The third-order valence-corrected chi connectivity index (χ3v) is 6.73. The van der Waals surface area contributed by atoms with E-state index in [1.54, 1.807) is 35.3 Å². The Bertz CT molecular complexity index is 1760. The van der Waals surface area contributed by atoms with Crippen LogP contribution >= 0.6 is 0 Å². The van der Waals surface area contributed by atoms with E-state index in [1.165, 1.54) is 12.3 Å². The van der Waals surface area contributed by atoms with Crippen molar-refractivity contribution in [3.8, 4) is 11.8 Å². The predicted octanol–water partition coefficient (Wildman–Crippen LogP) is 3.01. The monoisotopic (exact) mass is 477 g/mol. The van der Waals surface area contributed by atoms with Crippen LogP contribution in [0, 0.1) is 18.3 Å². The third-order valence-electron chi connectivity index (χ3n) is 5.56. The van der Waals surface area contributed by atoms with Gasteiger partial charge in [-0.05, 0) is 36.8 Å². The van der Waals surface area contributed by atoms with Gasteiger partial charge < -0.3 is 14.2 Å². The molecule has 0 saturated carbocycles. The highest BCUT2D eigenvalue weighted by molar-refractivity contribution is 7.90. The number of sulfone groups is 1. The molecule has 0 bridgehead atoms. The van der Waals surface area contributed by atoms with Crippen molar-refractivity contribution in [1.29, 1.82) is 5.26 Å². The summed E-state index contributed by atoms with van der Waals surface area (Å²) in [5, 5.41) is 17.9. The molecule has 0 saturated heterocycles. The molecule has 34 heavy (non-hydrogen) atoms. The van der Waals surface area contributed by atoms with Crippen LogP contribution in [0.4, 0.5) is 0 Å². The van der Waals surface area contributed by atoms with E-state index in [1.807, 2.05) is 13.0 Å². The van der Waals surface area contributed by atoms with Gasteiger partial charge in [-0.15, -0.1) is 0 Å². The quantitative estimate of drug-likeness (QED) is 0.382. The summed E-state index contributed by atoms with van der Waals surface area (Å²) in [6.07, 6.45) is 4.73. The SMILES string of the molecule is Cc1cc(S(C)(=O)=O)c(Cn2cc3ccc(C#N)c(OCc4cc(=O)[nH]o4)c3n2)c2cc[nH]c12. The summed E-state index contributed by atoms with van der Waals surface area (Å²) in [4.78, 5) is 14.7. The van der Waals surface area contributed by atoms with E-state index < -0.39 is 15.4 Å². The minimum Gasteiger partial charge on any atom is -0.482 e. The molecule has 0 aliphatic heterocycles. The number of fused-ring (bicyclic) bond motifs is 2. The lowest BCUT2D eigenvalue weighted by atomic mass is 10.1. The first-order valence-corrected chi connectivity index (χ1v) is 12.1. The summed E-state index contributed by atoms with van der Waals surface area (Å²) in [7, 11) is -3.49. The smallest absolute Gasteiger partial charge is 0.280 e. The summed E-state index contributed by atoms with van der Waals surface area (Å²) in [5.41, 5.74) is 2.64. The number of ether oxygens (including phenoxy) is 1. The fourth-order valence-electron chi connectivity index (χ4n) is 4.05. The van der Waals surface area contributed by atoms with Crippen LogP contribution < -0.4 is 10.3 Å². The molecule has 2 aromatic carbocycles. The number of nitriles is 1. The zero-order valence-electron chi connectivity index (χ0n) is 18.2. The van der Waals surface area contributed by atoms with Gasteiger partial charge >= 0.3 is 0 Å². The lowest BCUT2D eigenvalue weighted by Gasteiger charge is -2.12. The molecule has 3 heterocycles. The molecule has 11 heteroatoms. The average Bonchev–Trinajstić information content (AvgIpc) is 3.52. The first kappa shape index (κ1) is 21.5. The molecule has 2 N–H and O–H groups in total. The molecule has 0 spiro atoms. The van der Waals surface area contributed by atoms with Gasteiger partial charge in [-0.2, -0.15) is 15.5 Å². The summed E-state index contributed by atoms with van der Waals surface area (Å²) >= 11 is 0. The van der Waals surface area contributed by atoms with Crippen molar-refractivity contribution in [2.24, 2.45) is 0 Å². The molecule has 5 aromatic rings. The van der Waals surface area contributed by atoms with Gasteiger partial charge in [0, 0.05) is 40.5 Å². The maximum absolute atomic E-state index is 12.6. The van der Waals surface area contributed by atoms with Crippen molar-refractivity contribution < 1.29 is 17.7 Å². The molecule has 5 rings (SSSR count). The van der Waals surface area contributed by atoms with E-state index in [2.05, 4.69) is 21.3 Å². The van der Waals surface area contributed by atoms with Gasteiger partial charge in [0.15, 0.2) is 21.3 Å². The molecular formula is C23H19N5O5S. The normalized spacial score (nSPS) is 11.8. The Labute approximate surface area is 193 Å². The lowest BCUT2D eigenvalue weighted by Crippen LogP contribution is -2.09. The number of benzene rings is 2. The van der Waals surface area contributed by atoms with E-state index in [0.717, 1.165) is 16.5 Å². The van der Waals surface area contributed by atoms with Crippen LogP contribution in [-0.2, 0) is 23.0 Å². The molecule has 0 amide bonds. The van der Waals surface area contributed by atoms with Crippen LogP contribution in [0.1, 0.15) is 22.5 Å². The lowest BCUT2D eigenvalue weighted by molar-refractivity contribution is 0.250. The summed E-state index contributed by atoms with van der Waals surface area (Å²) < 4.78 is 37.6. The number of H-pyrrole nitrogens is 2. The maximum Gasteiger partial charge on any atom is 0.280 e. The molecule has 0 aliphatic carbocycles. The highest BCUT2D eigenvalue weighted by Gasteiger charge is 2.20. The second kappa shape index (κ2) is 7.93. The Morgan fingerprint density at radius 2 is 2.09 bits per heavy atom. The fourth-order valence-corrected chi connectivity index (χ4v) is 5.07. The van der Waals surface area contributed by atoms with Crippen molar-refractivity contribution in [2.75, 3.05) is 6.26 Å². The molecule has 0 atom stereocenters. The maximum atomic E-state index is 12.6. The van der Waals surface area contributed by atoms with Gasteiger partial charge in [0.05, 0.1) is 23.1 Å². The van der Waals surface area contributed by atoms with Crippen molar-refractivity contribution in [2.45, 2.75) is 25.0 Å². The minimum atomic E-state index is -3.49. The van der Waals surface area contributed by atoms with Gasteiger partial charge in [0.1, 0.15) is 18.2 Å². The second-order valence-electron chi connectivity index (χ2n) is 7.99. The van der Waals surface area contributed by atoms with Crippen molar-refractivity contribution in [1.82, 2.24) is 19.9 Å². The Morgan fingerprint density at radius 1 is 1.26 bits per heavy atom. The molecule has 0 unspecified atom stereocenters. The molecule has 10 nitrogen and oxygen atoms in total. The van der Waals surface area contributed by atoms with Crippen LogP contribution in [0.2, 0.25) is 0 Å². The van der Waals surface area contributed by atoms with Crippen LogP contribution in [-0.4, -0.2) is 34.6 Å². The Kier molecular flexibility index (Phi) is 5.02. The molecule has 0 aliphatic rings. The van der Waals surface area contributed by atoms with E-state index in [-0.39, 0.29) is 35.1 Å². The number of nitrogens with one attached hydrogen (secondary N) is 2. The third kappa shape index (κ3) is 3.74. The number of aryl methyl sites for hydroxylation is 1. The number of hydrogen-bond donors (Lipinski definition) is 2. The Hall–Kier alpha value is -4.30. The first-order valence-electron chi connectivity index (χ1n) is 10.2.